The monoisotopic (exact) mass is 498 g/mol. The molecule has 9 heteroatoms. The Morgan fingerprint density at radius 1 is 1.00 bits per heavy atom. The molecule has 0 atom stereocenters. The van der Waals surface area contributed by atoms with Crippen molar-refractivity contribution in [2.24, 2.45) is 0 Å². The molecule has 0 aliphatic heterocycles. The standard InChI is InChI=1S/C24H26N4O2S3/c1-12-13(2)32-21-18(12)20(29)25-17(26-21)11-31-24-27-22-19(15-9-5-6-10-16(15)33-22)23(30)28(24)14-7-3-4-8-14/h14H,3-11H2,1-2H3,(H,25,26,29). The van der Waals surface area contributed by atoms with Crippen molar-refractivity contribution in [1.82, 2.24) is 19.5 Å². The van der Waals surface area contributed by atoms with E-state index in [1.165, 1.54) is 28.6 Å². The van der Waals surface area contributed by atoms with Crippen LogP contribution in [0.3, 0.4) is 0 Å². The topological polar surface area (TPSA) is 80.6 Å². The normalized spacial score (nSPS) is 16.8. The molecule has 6 nitrogen and oxygen atoms in total. The number of nitrogens with zero attached hydrogens (tertiary/aromatic N) is 3. The Hall–Kier alpha value is -1.97. The predicted octanol–water partition coefficient (Wildman–Crippen LogP) is 5.66. The minimum absolute atomic E-state index is 0.0834. The van der Waals surface area contributed by atoms with Crippen LogP contribution >= 0.6 is 34.4 Å². The molecule has 2 aliphatic carbocycles. The van der Waals surface area contributed by atoms with Crippen LogP contribution in [0, 0.1) is 13.8 Å². The van der Waals surface area contributed by atoms with E-state index in [2.05, 4.69) is 4.98 Å². The van der Waals surface area contributed by atoms with Crippen molar-refractivity contribution in [3.8, 4) is 0 Å². The minimum atomic E-state index is -0.0834. The van der Waals surface area contributed by atoms with Crippen LogP contribution in [0.15, 0.2) is 14.7 Å². The molecule has 0 aromatic carbocycles. The third-order valence-electron chi connectivity index (χ3n) is 7.10. The Bertz CT molecular complexity index is 1500. The van der Waals surface area contributed by atoms with Crippen LogP contribution in [0.4, 0.5) is 0 Å². The summed E-state index contributed by atoms with van der Waals surface area (Å²) in [7, 11) is 0. The molecule has 4 heterocycles. The van der Waals surface area contributed by atoms with Gasteiger partial charge < -0.3 is 4.98 Å². The molecular weight excluding hydrogens is 472 g/mol. The summed E-state index contributed by atoms with van der Waals surface area (Å²) in [6, 6.07) is 0.216. The van der Waals surface area contributed by atoms with Gasteiger partial charge in [-0.05, 0) is 63.5 Å². The Labute approximate surface area is 203 Å². The van der Waals surface area contributed by atoms with E-state index in [4.69, 9.17) is 9.97 Å². The fraction of sp³-hybridized carbons (Fsp3) is 0.500. The average molecular weight is 499 g/mol. The van der Waals surface area contributed by atoms with Gasteiger partial charge in [-0.25, -0.2) is 9.97 Å². The summed E-state index contributed by atoms with van der Waals surface area (Å²) in [5.74, 6) is 1.12. The summed E-state index contributed by atoms with van der Waals surface area (Å²) in [5.41, 5.74) is 2.31. The number of rotatable bonds is 4. The molecule has 0 unspecified atom stereocenters. The highest BCUT2D eigenvalue weighted by atomic mass is 32.2. The molecule has 0 spiro atoms. The smallest absolute Gasteiger partial charge is 0.263 e. The Morgan fingerprint density at radius 3 is 2.58 bits per heavy atom. The minimum Gasteiger partial charge on any atom is -0.309 e. The highest BCUT2D eigenvalue weighted by molar-refractivity contribution is 7.98. The first-order chi connectivity index (χ1) is 16.0. The quantitative estimate of drug-likeness (QED) is 0.290. The summed E-state index contributed by atoms with van der Waals surface area (Å²) in [6.45, 7) is 4.00. The first-order valence-electron chi connectivity index (χ1n) is 11.7. The maximum absolute atomic E-state index is 13.8. The summed E-state index contributed by atoms with van der Waals surface area (Å²) in [6.07, 6.45) is 8.78. The molecular formula is C24H26N4O2S3. The molecule has 1 fully saturated rings. The molecule has 2 aliphatic rings. The van der Waals surface area contributed by atoms with Crippen molar-refractivity contribution < 1.29 is 0 Å². The fourth-order valence-corrected chi connectivity index (χ4v) is 8.57. The number of aromatic nitrogens is 4. The van der Waals surface area contributed by atoms with Gasteiger partial charge in [0.25, 0.3) is 11.1 Å². The number of H-pyrrole nitrogens is 1. The number of aryl methyl sites for hydroxylation is 4. The number of nitrogens with one attached hydrogen (secondary N) is 1. The Kier molecular flexibility index (Phi) is 5.46. The second-order valence-electron chi connectivity index (χ2n) is 9.16. The molecule has 1 saturated carbocycles. The van der Waals surface area contributed by atoms with Crippen LogP contribution in [-0.2, 0) is 18.6 Å². The molecule has 4 aromatic rings. The lowest BCUT2D eigenvalue weighted by atomic mass is 9.97. The highest BCUT2D eigenvalue weighted by Crippen LogP contribution is 2.38. The van der Waals surface area contributed by atoms with Crippen LogP contribution in [0.25, 0.3) is 20.4 Å². The van der Waals surface area contributed by atoms with Crippen molar-refractivity contribution in [1.29, 1.82) is 0 Å². The second-order valence-corrected chi connectivity index (χ2v) is 12.4. The molecule has 0 saturated heterocycles. The van der Waals surface area contributed by atoms with Crippen LogP contribution in [0.5, 0.6) is 0 Å². The number of thiophene rings is 2. The second kappa shape index (κ2) is 8.36. The van der Waals surface area contributed by atoms with Crippen LogP contribution in [-0.4, -0.2) is 19.5 Å². The summed E-state index contributed by atoms with van der Waals surface area (Å²) >= 11 is 4.78. The van der Waals surface area contributed by atoms with E-state index < -0.39 is 0 Å². The number of aromatic amines is 1. The number of hydrogen-bond donors (Lipinski definition) is 1. The Balaban J connectivity index is 1.42. The van der Waals surface area contributed by atoms with Crippen LogP contribution in [0.2, 0.25) is 0 Å². The van der Waals surface area contributed by atoms with E-state index >= 15 is 0 Å². The summed E-state index contributed by atoms with van der Waals surface area (Å²) in [5, 5.41) is 2.32. The third kappa shape index (κ3) is 3.59. The van der Waals surface area contributed by atoms with Gasteiger partial charge in [0.15, 0.2) is 5.16 Å². The molecule has 0 amide bonds. The molecule has 4 aromatic heterocycles. The average Bonchev–Trinajstić information content (AvgIpc) is 3.50. The SMILES string of the molecule is Cc1sc2nc(CSc3nc4sc5c(c4c(=O)n3C3CCCC3)CCCC5)[nH]c(=O)c2c1C. The zero-order valence-corrected chi connectivity index (χ0v) is 21.3. The number of hydrogen-bond acceptors (Lipinski definition) is 7. The van der Waals surface area contributed by atoms with E-state index in [9.17, 15) is 9.59 Å². The number of fused-ring (bicyclic) bond motifs is 4. The maximum atomic E-state index is 13.8. The van der Waals surface area contributed by atoms with Crippen molar-refractivity contribution in [2.45, 2.75) is 82.2 Å². The first kappa shape index (κ1) is 21.6. The summed E-state index contributed by atoms with van der Waals surface area (Å²) in [4.78, 5) is 43.3. The first-order valence-corrected chi connectivity index (χ1v) is 14.3. The van der Waals surface area contributed by atoms with E-state index in [1.54, 1.807) is 22.7 Å². The van der Waals surface area contributed by atoms with E-state index in [-0.39, 0.29) is 17.2 Å². The zero-order chi connectivity index (χ0) is 22.7. The summed E-state index contributed by atoms with van der Waals surface area (Å²) < 4.78 is 1.97. The van der Waals surface area contributed by atoms with Gasteiger partial charge in [-0.3, -0.25) is 14.2 Å². The largest absolute Gasteiger partial charge is 0.309 e. The lowest BCUT2D eigenvalue weighted by molar-refractivity contribution is 0.457. The van der Waals surface area contributed by atoms with Crippen molar-refractivity contribution in [2.75, 3.05) is 0 Å². The van der Waals surface area contributed by atoms with Crippen LogP contribution in [0.1, 0.15) is 71.3 Å². The highest BCUT2D eigenvalue weighted by Gasteiger charge is 2.27. The maximum Gasteiger partial charge on any atom is 0.263 e. The zero-order valence-electron chi connectivity index (χ0n) is 18.8. The van der Waals surface area contributed by atoms with E-state index in [0.29, 0.717) is 17.0 Å². The van der Waals surface area contributed by atoms with Crippen LogP contribution < -0.4 is 11.1 Å². The van der Waals surface area contributed by atoms with Gasteiger partial charge in [-0.2, -0.15) is 0 Å². The molecule has 0 bridgehead atoms. The van der Waals surface area contributed by atoms with E-state index in [0.717, 1.165) is 75.6 Å². The van der Waals surface area contributed by atoms with Gasteiger partial charge in [0.2, 0.25) is 0 Å². The van der Waals surface area contributed by atoms with Gasteiger partial charge in [-0.1, -0.05) is 24.6 Å². The Morgan fingerprint density at radius 2 is 1.76 bits per heavy atom. The lowest BCUT2D eigenvalue weighted by Crippen LogP contribution is -2.26. The van der Waals surface area contributed by atoms with Gasteiger partial charge in [0, 0.05) is 15.8 Å². The molecule has 1 N–H and O–H groups in total. The fourth-order valence-electron chi connectivity index (χ4n) is 5.29. The molecule has 172 valence electrons. The van der Waals surface area contributed by atoms with Gasteiger partial charge in [0.1, 0.15) is 15.5 Å². The molecule has 33 heavy (non-hydrogen) atoms. The number of thioether (sulfide) groups is 1. The van der Waals surface area contributed by atoms with Crippen molar-refractivity contribution in [3.63, 3.8) is 0 Å². The predicted molar refractivity (Wildman–Crippen MR) is 137 cm³/mol. The van der Waals surface area contributed by atoms with Gasteiger partial charge in [-0.15, -0.1) is 22.7 Å². The third-order valence-corrected chi connectivity index (χ3v) is 10.4. The van der Waals surface area contributed by atoms with Crippen molar-refractivity contribution >= 4 is 54.9 Å². The van der Waals surface area contributed by atoms with Crippen molar-refractivity contribution in [3.05, 3.63) is 47.4 Å². The molecule has 6 rings (SSSR count). The van der Waals surface area contributed by atoms with Gasteiger partial charge in [0.05, 0.1) is 16.5 Å². The molecule has 0 radical (unpaired) electrons. The van der Waals surface area contributed by atoms with Gasteiger partial charge >= 0.3 is 0 Å². The lowest BCUT2D eigenvalue weighted by Gasteiger charge is -2.18. The van der Waals surface area contributed by atoms with E-state index in [1.807, 2.05) is 18.4 Å².